The summed E-state index contributed by atoms with van der Waals surface area (Å²) in [4.78, 5) is 16.8. The SMILES string of the molecule is Cc1csc(C(NC(=O)CCC2CCNCC2)C2CC2)n1. The third-order valence-electron chi connectivity index (χ3n) is 4.55. The fourth-order valence-corrected chi connectivity index (χ4v) is 4.02. The molecule has 1 saturated heterocycles. The van der Waals surface area contributed by atoms with Gasteiger partial charge in [0.05, 0.1) is 6.04 Å². The van der Waals surface area contributed by atoms with Gasteiger partial charge >= 0.3 is 0 Å². The van der Waals surface area contributed by atoms with Crippen LogP contribution in [0.5, 0.6) is 0 Å². The molecule has 0 radical (unpaired) electrons. The second-order valence-corrected chi connectivity index (χ2v) is 7.33. The number of piperidine rings is 1. The van der Waals surface area contributed by atoms with E-state index in [4.69, 9.17) is 0 Å². The number of rotatable bonds is 6. The van der Waals surface area contributed by atoms with Gasteiger partial charge in [0.15, 0.2) is 0 Å². The molecule has 1 atom stereocenters. The van der Waals surface area contributed by atoms with Gasteiger partial charge in [-0.25, -0.2) is 4.98 Å². The maximum absolute atomic E-state index is 12.3. The molecule has 0 bridgehead atoms. The number of hydrogen-bond donors (Lipinski definition) is 2. The summed E-state index contributed by atoms with van der Waals surface area (Å²) in [6, 6.07) is 0.157. The summed E-state index contributed by atoms with van der Waals surface area (Å²) >= 11 is 1.68. The van der Waals surface area contributed by atoms with E-state index >= 15 is 0 Å². The number of carbonyl (C=O) groups excluding carboxylic acids is 1. The molecule has 2 heterocycles. The maximum atomic E-state index is 12.3. The predicted octanol–water partition coefficient (Wildman–Crippen LogP) is 2.80. The fourth-order valence-electron chi connectivity index (χ4n) is 3.08. The molecule has 1 aliphatic heterocycles. The molecule has 21 heavy (non-hydrogen) atoms. The lowest BCUT2D eigenvalue weighted by atomic mass is 9.93. The maximum Gasteiger partial charge on any atom is 0.220 e. The molecule has 2 fully saturated rings. The second kappa shape index (κ2) is 6.88. The Kier molecular flexibility index (Phi) is 4.91. The van der Waals surface area contributed by atoms with Crippen molar-refractivity contribution in [1.82, 2.24) is 15.6 Å². The first-order valence-electron chi connectivity index (χ1n) is 8.14. The number of thiazole rings is 1. The molecular formula is C16H25N3OS. The van der Waals surface area contributed by atoms with Gasteiger partial charge in [-0.3, -0.25) is 4.79 Å². The van der Waals surface area contributed by atoms with Crippen LogP contribution in [0.1, 0.15) is 55.3 Å². The van der Waals surface area contributed by atoms with Crippen molar-refractivity contribution in [2.24, 2.45) is 11.8 Å². The second-order valence-electron chi connectivity index (χ2n) is 6.44. The summed E-state index contributed by atoms with van der Waals surface area (Å²) in [5.74, 6) is 1.54. The van der Waals surface area contributed by atoms with Crippen LogP contribution in [-0.4, -0.2) is 24.0 Å². The molecule has 2 aliphatic rings. The first kappa shape index (κ1) is 15.0. The minimum Gasteiger partial charge on any atom is -0.347 e. The van der Waals surface area contributed by atoms with Gasteiger partial charge in [0.1, 0.15) is 5.01 Å². The van der Waals surface area contributed by atoms with Crippen LogP contribution in [0.25, 0.3) is 0 Å². The van der Waals surface area contributed by atoms with Crippen molar-refractivity contribution in [1.29, 1.82) is 0 Å². The van der Waals surface area contributed by atoms with Gasteiger partial charge in [-0.15, -0.1) is 11.3 Å². The molecule has 1 amide bonds. The Morgan fingerprint density at radius 2 is 2.19 bits per heavy atom. The lowest BCUT2D eigenvalue weighted by molar-refractivity contribution is -0.122. The van der Waals surface area contributed by atoms with E-state index in [2.05, 4.69) is 21.0 Å². The van der Waals surface area contributed by atoms with Crippen molar-refractivity contribution >= 4 is 17.2 Å². The average molecular weight is 307 g/mol. The molecule has 0 spiro atoms. The number of amides is 1. The van der Waals surface area contributed by atoms with Crippen molar-refractivity contribution in [3.8, 4) is 0 Å². The van der Waals surface area contributed by atoms with Crippen molar-refractivity contribution in [2.75, 3.05) is 13.1 Å². The lowest BCUT2D eigenvalue weighted by Crippen LogP contribution is -2.31. The highest BCUT2D eigenvalue weighted by Crippen LogP contribution is 2.41. The van der Waals surface area contributed by atoms with Gasteiger partial charge in [-0.1, -0.05) is 0 Å². The topological polar surface area (TPSA) is 54.0 Å². The van der Waals surface area contributed by atoms with Gasteiger partial charge in [0.25, 0.3) is 0 Å². The van der Waals surface area contributed by atoms with Crippen LogP contribution >= 0.6 is 11.3 Å². The zero-order valence-corrected chi connectivity index (χ0v) is 13.5. The van der Waals surface area contributed by atoms with Crippen LogP contribution in [0, 0.1) is 18.8 Å². The molecule has 3 rings (SSSR count). The molecule has 1 unspecified atom stereocenters. The van der Waals surface area contributed by atoms with Crippen molar-refractivity contribution in [2.45, 2.75) is 51.5 Å². The quantitative estimate of drug-likeness (QED) is 0.849. The van der Waals surface area contributed by atoms with Crippen molar-refractivity contribution in [3.05, 3.63) is 16.1 Å². The predicted molar refractivity (Wildman–Crippen MR) is 85.3 cm³/mol. The van der Waals surface area contributed by atoms with E-state index in [1.165, 1.54) is 25.7 Å². The zero-order valence-electron chi connectivity index (χ0n) is 12.7. The summed E-state index contributed by atoms with van der Waals surface area (Å²) in [6.45, 7) is 4.23. The summed E-state index contributed by atoms with van der Waals surface area (Å²) < 4.78 is 0. The fraction of sp³-hybridized carbons (Fsp3) is 0.750. The summed E-state index contributed by atoms with van der Waals surface area (Å²) in [5.41, 5.74) is 1.06. The number of nitrogens with zero attached hydrogens (tertiary/aromatic N) is 1. The van der Waals surface area contributed by atoms with E-state index in [1.54, 1.807) is 11.3 Å². The van der Waals surface area contributed by atoms with Gasteiger partial charge in [0, 0.05) is 17.5 Å². The summed E-state index contributed by atoms with van der Waals surface area (Å²) in [5, 5.41) is 9.78. The van der Waals surface area contributed by atoms with Gasteiger partial charge < -0.3 is 10.6 Å². The third-order valence-corrected chi connectivity index (χ3v) is 5.60. The molecular weight excluding hydrogens is 282 g/mol. The van der Waals surface area contributed by atoms with E-state index in [0.29, 0.717) is 12.3 Å². The Bertz CT molecular complexity index is 478. The first-order valence-corrected chi connectivity index (χ1v) is 9.02. The molecule has 1 aliphatic carbocycles. The van der Waals surface area contributed by atoms with Gasteiger partial charge in [-0.2, -0.15) is 0 Å². The van der Waals surface area contributed by atoms with Crippen molar-refractivity contribution < 1.29 is 4.79 Å². The first-order chi connectivity index (χ1) is 10.2. The smallest absolute Gasteiger partial charge is 0.220 e. The molecule has 5 heteroatoms. The van der Waals surface area contributed by atoms with E-state index in [-0.39, 0.29) is 11.9 Å². The minimum absolute atomic E-state index is 0.157. The third kappa shape index (κ3) is 4.27. The number of aromatic nitrogens is 1. The standard InChI is InChI=1S/C16H25N3OS/c1-11-10-21-16(18-11)15(13-3-4-13)19-14(20)5-2-12-6-8-17-9-7-12/h10,12-13,15,17H,2-9H2,1H3,(H,19,20). The number of carbonyl (C=O) groups is 1. The Hall–Kier alpha value is -0.940. The highest BCUT2D eigenvalue weighted by Gasteiger charge is 2.35. The molecule has 1 saturated carbocycles. The minimum atomic E-state index is 0.157. The van der Waals surface area contributed by atoms with E-state index in [9.17, 15) is 4.79 Å². The molecule has 1 aromatic heterocycles. The van der Waals surface area contributed by atoms with Crippen LogP contribution in [0.4, 0.5) is 0 Å². The van der Waals surface area contributed by atoms with E-state index < -0.39 is 0 Å². The Balaban J connectivity index is 1.49. The molecule has 1 aromatic rings. The number of aryl methyl sites for hydroxylation is 1. The van der Waals surface area contributed by atoms with Crippen molar-refractivity contribution in [3.63, 3.8) is 0 Å². The molecule has 0 aromatic carbocycles. The van der Waals surface area contributed by atoms with Crippen LogP contribution in [0.3, 0.4) is 0 Å². The van der Waals surface area contributed by atoms with E-state index in [1.807, 2.05) is 6.92 Å². The number of hydrogen-bond acceptors (Lipinski definition) is 4. The average Bonchev–Trinajstić information content (AvgIpc) is 3.25. The molecule has 4 nitrogen and oxygen atoms in total. The van der Waals surface area contributed by atoms with Crippen LogP contribution in [0.2, 0.25) is 0 Å². The zero-order chi connectivity index (χ0) is 14.7. The highest BCUT2D eigenvalue weighted by atomic mass is 32.1. The van der Waals surface area contributed by atoms with Crippen LogP contribution in [-0.2, 0) is 4.79 Å². The molecule has 116 valence electrons. The Morgan fingerprint density at radius 1 is 1.43 bits per heavy atom. The van der Waals surface area contributed by atoms with Crippen LogP contribution < -0.4 is 10.6 Å². The molecule has 2 N–H and O–H groups in total. The summed E-state index contributed by atoms with van der Waals surface area (Å²) in [6.07, 6.45) is 6.56. The Labute approximate surface area is 130 Å². The van der Waals surface area contributed by atoms with E-state index in [0.717, 1.165) is 36.1 Å². The monoisotopic (exact) mass is 307 g/mol. The van der Waals surface area contributed by atoms with Gasteiger partial charge in [0.2, 0.25) is 5.91 Å². The van der Waals surface area contributed by atoms with Gasteiger partial charge in [-0.05, 0) is 64.0 Å². The highest BCUT2D eigenvalue weighted by molar-refractivity contribution is 7.09. The largest absolute Gasteiger partial charge is 0.347 e. The Morgan fingerprint density at radius 3 is 2.81 bits per heavy atom. The number of nitrogens with one attached hydrogen (secondary N) is 2. The summed E-state index contributed by atoms with van der Waals surface area (Å²) in [7, 11) is 0. The lowest BCUT2D eigenvalue weighted by Gasteiger charge is -2.22. The normalized spacial score (nSPS) is 21.2. The van der Waals surface area contributed by atoms with Crippen LogP contribution in [0.15, 0.2) is 5.38 Å².